The minimum atomic E-state index is 0.247. The molecule has 2 rings (SSSR count). The molecule has 0 radical (unpaired) electrons. The third-order valence-corrected chi connectivity index (χ3v) is 4.74. The first kappa shape index (κ1) is 13.1. The second kappa shape index (κ2) is 5.09. The molecule has 1 aromatic heterocycles. The molecule has 2 nitrogen and oxygen atoms in total. The molecule has 1 saturated heterocycles. The van der Waals surface area contributed by atoms with Crippen LogP contribution in [0.15, 0.2) is 12.1 Å². The zero-order chi connectivity index (χ0) is 12.5. The van der Waals surface area contributed by atoms with Crippen molar-refractivity contribution in [2.24, 2.45) is 0 Å². The van der Waals surface area contributed by atoms with Crippen molar-refractivity contribution >= 4 is 11.3 Å². The highest BCUT2D eigenvalue weighted by Crippen LogP contribution is 2.22. The molecule has 1 aliphatic rings. The third kappa shape index (κ3) is 3.30. The Bertz CT molecular complexity index is 370. The predicted octanol–water partition coefficient (Wildman–Crippen LogP) is 2.88. The maximum absolute atomic E-state index is 3.60. The van der Waals surface area contributed by atoms with E-state index in [9.17, 15) is 0 Å². The van der Waals surface area contributed by atoms with Gasteiger partial charge in [-0.3, -0.25) is 4.90 Å². The van der Waals surface area contributed by atoms with Crippen LogP contribution in [-0.2, 0) is 13.0 Å². The average molecular weight is 252 g/mol. The fraction of sp³-hybridized carbons (Fsp3) is 0.714. The topological polar surface area (TPSA) is 15.3 Å². The van der Waals surface area contributed by atoms with Crippen molar-refractivity contribution in [3.8, 4) is 0 Å². The fourth-order valence-corrected chi connectivity index (χ4v) is 3.37. The lowest BCUT2D eigenvalue weighted by Crippen LogP contribution is -2.60. The van der Waals surface area contributed by atoms with Crippen LogP contribution in [0.1, 0.15) is 37.4 Å². The molecule has 1 aromatic rings. The Kier molecular flexibility index (Phi) is 3.91. The Morgan fingerprint density at radius 1 is 1.41 bits per heavy atom. The summed E-state index contributed by atoms with van der Waals surface area (Å²) in [5.74, 6) is 0. The number of hydrogen-bond acceptors (Lipinski definition) is 3. The number of nitrogens with zero attached hydrogens (tertiary/aromatic N) is 1. The smallest absolute Gasteiger partial charge is 0.0332 e. The largest absolute Gasteiger partial charge is 0.309 e. The van der Waals surface area contributed by atoms with Gasteiger partial charge in [-0.2, -0.15) is 0 Å². The van der Waals surface area contributed by atoms with Gasteiger partial charge in [-0.25, -0.2) is 0 Å². The van der Waals surface area contributed by atoms with E-state index in [-0.39, 0.29) is 5.54 Å². The first-order chi connectivity index (χ1) is 8.00. The van der Waals surface area contributed by atoms with Crippen LogP contribution < -0.4 is 5.32 Å². The number of nitrogens with one attached hydrogen (secondary N) is 1. The molecule has 0 aliphatic carbocycles. The van der Waals surface area contributed by atoms with Gasteiger partial charge < -0.3 is 5.32 Å². The van der Waals surface area contributed by atoms with Gasteiger partial charge in [0.15, 0.2) is 0 Å². The van der Waals surface area contributed by atoms with Crippen LogP contribution in [0.25, 0.3) is 0 Å². The van der Waals surface area contributed by atoms with Crippen LogP contribution in [0.3, 0.4) is 0 Å². The second-order valence-corrected chi connectivity index (χ2v) is 6.99. The third-order valence-electron chi connectivity index (χ3n) is 3.52. The van der Waals surface area contributed by atoms with E-state index in [1.54, 1.807) is 0 Å². The Labute approximate surface area is 109 Å². The summed E-state index contributed by atoms with van der Waals surface area (Å²) in [6.07, 6.45) is 1.16. The highest BCUT2D eigenvalue weighted by atomic mass is 32.1. The van der Waals surface area contributed by atoms with Crippen molar-refractivity contribution in [3.63, 3.8) is 0 Å². The van der Waals surface area contributed by atoms with Crippen molar-refractivity contribution in [3.05, 3.63) is 21.9 Å². The van der Waals surface area contributed by atoms with Crippen LogP contribution in [0, 0.1) is 0 Å². The zero-order valence-electron chi connectivity index (χ0n) is 11.4. The van der Waals surface area contributed by atoms with Crippen LogP contribution in [0.5, 0.6) is 0 Å². The first-order valence-electron chi connectivity index (χ1n) is 6.57. The first-order valence-corrected chi connectivity index (χ1v) is 7.38. The molecule has 2 heterocycles. The number of piperazine rings is 1. The van der Waals surface area contributed by atoms with Gasteiger partial charge in [0.05, 0.1) is 0 Å². The SMILES string of the molecule is CCc1ccc(CN2CC(C)(C)NCC2C)s1. The fourth-order valence-electron chi connectivity index (χ4n) is 2.38. The maximum Gasteiger partial charge on any atom is 0.0332 e. The van der Waals surface area contributed by atoms with Crippen molar-refractivity contribution in [1.82, 2.24) is 10.2 Å². The lowest BCUT2D eigenvalue weighted by Gasteiger charge is -2.43. The zero-order valence-corrected chi connectivity index (χ0v) is 12.2. The van der Waals surface area contributed by atoms with Crippen molar-refractivity contribution in [1.29, 1.82) is 0 Å². The van der Waals surface area contributed by atoms with Gasteiger partial charge in [-0.15, -0.1) is 11.3 Å². The van der Waals surface area contributed by atoms with E-state index >= 15 is 0 Å². The second-order valence-electron chi connectivity index (χ2n) is 5.74. The molecular formula is C14H24N2S. The molecule has 0 bridgehead atoms. The predicted molar refractivity (Wildman–Crippen MR) is 75.7 cm³/mol. The minimum absolute atomic E-state index is 0.247. The number of rotatable bonds is 3. The standard InChI is InChI=1S/C14H24N2S/c1-5-12-6-7-13(17-12)9-16-10-14(3,4)15-8-11(16)2/h6-7,11,15H,5,8-10H2,1-4H3. The monoisotopic (exact) mass is 252 g/mol. The molecule has 0 saturated carbocycles. The molecule has 17 heavy (non-hydrogen) atoms. The van der Waals surface area contributed by atoms with Gasteiger partial charge >= 0.3 is 0 Å². The molecule has 1 fully saturated rings. The average Bonchev–Trinajstić information content (AvgIpc) is 2.71. The molecule has 3 heteroatoms. The highest BCUT2D eigenvalue weighted by molar-refractivity contribution is 7.11. The van der Waals surface area contributed by atoms with Gasteiger partial charge in [0.2, 0.25) is 0 Å². The van der Waals surface area contributed by atoms with E-state index in [2.05, 4.69) is 50.0 Å². The Balaban J connectivity index is 2.01. The van der Waals surface area contributed by atoms with Crippen LogP contribution in [-0.4, -0.2) is 29.6 Å². The number of hydrogen-bond donors (Lipinski definition) is 1. The number of thiophene rings is 1. The molecule has 1 N–H and O–H groups in total. The molecule has 0 amide bonds. The van der Waals surface area contributed by atoms with E-state index < -0.39 is 0 Å². The van der Waals surface area contributed by atoms with E-state index in [4.69, 9.17) is 0 Å². The molecule has 1 atom stereocenters. The molecule has 96 valence electrons. The van der Waals surface area contributed by atoms with E-state index in [1.807, 2.05) is 11.3 Å². The lowest BCUT2D eigenvalue weighted by atomic mass is 9.99. The number of aryl methyl sites for hydroxylation is 1. The Morgan fingerprint density at radius 2 is 2.12 bits per heavy atom. The molecule has 1 unspecified atom stereocenters. The summed E-state index contributed by atoms with van der Waals surface area (Å²) in [4.78, 5) is 5.61. The van der Waals surface area contributed by atoms with E-state index in [1.165, 1.54) is 9.75 Å². The molecule has 1 aliphatic heterocycles. The minimum Gasteiger partial charge on any atom is -0.309 e. The van der Waals surface area contributed by atoms with Crippen LogP contribution >= 0.6 is 11.3 Å². The van der Waals surface area contributed by atoms with Crippen molar-refractivity contribution < 1.29 is 0 Å². The van der Waals surface area contributed by atoms with Crippen molar-refractivity contribution in [2.75, 3.05) is 13.1 Å². The normalized spacial score (nSPS) is 25.1. The van der Waals surface area contributed by atoms with Crippen LogP contribution in [0.4, 0.5) is 0 Å². The van der Waals surface area contributed by atoms with E-state index in [0.29, 0.717) is 6.04 Å². The Hall–Kier alpha value is -0.380. The van der Waals surface area contributed by atoms with Gasteiger partial charge in [0.25, 0.3) is 0 Å². The molecular weight excluding hydrogens is 228 g/mol. The molecule has 0 aromatic carbocycles. The maximum atomic E-state index is 3.60. The molecule has 0 spiro atoms. The van der Waals surface area contributed by atoms with E-state index in [0.717, 1.165) is 26.1 Å². The van der Waals surface area contributed by atoms with Gasteiger partial charge in [0.1, 0.15) is 0 Å². The summed E-state index contributed by atoms with van der Waals surface area (Å²) in [6, 6.07) is 5.21. The van der Waals surface area contributed by atoms with Crippen LogP contribution in [0.2, 0.25) is 0 Å². The summed E-state index contributed by atoms with van der Waals surface area (Å²) < 4.78 is 0. The highest BCUT2D eigenvalue weighted by Gasteiger charge is 2.30. The van der Waals surface area contributed by atoms with Gasteiger partial charge in [0, 0.05) is 41.0 Å². The Morgan fingerprint density at radius 3 is 2.76 bits per heavy atom. The summed E-state index contributed by atoms with van der Waals surface area (Å²) >= 11 is 1.97. The van der Waals surface area contributed by atoms with Crippen molar-refractivity contribution in [2.45, 2.75) is 52.2 Å². The summed E-state index contributed by atoms with van der Waals surface area (Å²) in [5.41, 5.74) is 0.247. The quantitative estimate of drug-likeness (QED) is 0.890. The van der Waals surface area contributed by atoms with Gasteiger partial charge in [-0.05, 0) is 39.3 Å². The summed E-state index contributed by atoms with van der Waals surface area (Å²) in [7, 11) is 0. The summed E-state index contributed by atoms with van der Waals surface area (Å²) in [6.45, 7) is 12.5. The summed E-state index contributed by atoms with van der Waals surface area (Å²) in [5, 5.41) is 3.60. The van der Waals surface area contributed by atoms with Gasteiger partial charge in [-0.1, -0.05) is 6.92 Å². The lowest BCUT2D eigenvalue weighted by molar-refractivity contribution is 0.0988.